The number of rotatable bonds is 9. The molecule has 1 fully saturated rings. The summed E-state index contributed by atoms with van der Waals surface area (Å²) in [6, 6.07) is 5.43. The highest BCUT2D eigenvalue weighted by Gasteiger charge is 2.34. The van der Waals surface area contributed by atoms with Gasteiger partial charge in [-0.15, -0.1) is 0 Å². The summed E-state index contributed by atoms with van der Waals surface area (Å²) >= 11 is 0. The predicted octanol–water partition coefficient (Wildman–Crippen LogP) is 3.51. The lowest BCUT2D eigenvalue weighted by atomic mass is 10.0. The number of hydrogen-bond acceptors (Lipinski definition) is 3. The molecule has 2 unspecified atom stereocenters. The van der Waals surface area contributed by atoms with Crippen LogP contribution in [0.15, 0.2) is 22.8 Å². The van der Waals surface area contributed by atoms with Gasteiger partial charge in [0.05, 0.1) is 12.8 Å². The van der Waals surface area contributed by atoms with E-state index in [1.54, 1.807) is 6.26 Å². The fourth-order valence-corrected chi connectivity index (χ4v) is 2.69. The van der Waals surface area contributed by atoms with Crippen molar-refractivity contribution in [1.29, 1.82) is 0 Å². The summed E-state index contributed by atoms with van der Waals surface area (Å²) in [4.78, 5) is 2.63. The van der Waals surface area contributed by atoms with Gasteiger partial charge in [0, 0.05) is 12.1 Å². The van der Waals surface area contributed by atoms with Crippen LogP contribution in [0, 0.1) is 11.8 Å². The van der Waals surface area contributed by atoms with Crippen molar-refractivity contribution in [2.45, 2.75) is 59.2 Å². The molecule has 114 valence electrons. The molecule has 3 heteroatoms. The molecule has 1 saturated carbocycles. The number of hydrogen-bond donors (Lipinski definition) is 1. The van der Waals surface area contributed by atoms with Gasteiger partial charge in [0.25, 0.3) is 0 Å². The minimum Gasteiger partial charge on any atom is -0.468 e. The van der Waals surface area contributed by atoms with Crippen LogP contribution < -0.4 is 5.32 Å². The van der Waals surface area contributed by atoms with E-state index in [2.05, 4.69) is 44.0 Å². The van der Waals surface area contributed by atoms with E-state index in [1.165, 1.54) is 12.8 Å². The first-order chi connectivity index (χ1) is 9.58. The third kappa shape index (κ3) is 4.64. The lowest BCUT2D eigenvalue weighted by molar-refractivity contribution is 0.131. The number of furan rings is 1. The van der Waals surface area contributed by atoms with Crippen LogP contribution in [0.2, 0.25) is 0 Å². The molecule has 1 aliphatic carbocycles. The molecule has 0 radical (unpaired) electrons. The second kappa shape index (κ2) is 7.28. The monoisotopic (exact) mass is 278 g/mol. The van der Waals surface area contributed by atoms with Gasteiger partial charge in [0.1, 0.15) is 5.76 Å². The Hall–Kier alpha value is -0.800. The molecule has 0 bridgehead atoms. The molecule has 1 N–H and O–H groups in total. The molecular weight excluding hydrogens is 248 g/mol. The fourth-order valence-electron chi connectivity index (χ4n) is 2.69. The minimum atomic E-state index is 0.590. The van der Waals surface area contributed by atoms with E-state index < -0.39 is 0 Å². The van der Waals surface area contributed by atoms with E-state index in [4.69, 9.17) is 4.42 Å². The van der Waals surface area contributed by atoms with Crippen molar-refractivity contribution in [3.63, 3.8) is 0 Å². The van der Waals surface area contributed by atoms with Crippen molar-refractivity contribution in [2.75, 3.05) is 13.1 Å². The highest BCUT2D eigenvalue weighted by atomic mass is 16.3. The molecule has 1 heterocycles. The van der Waals surface area contributed by atoms with Crippen molar-refractivity contribution in [3.05, 3.63) is 24.2 Å². The van der Waals surface area contributed by atoms with E-state index in [0.717, 1.165) is 37.4 Å². The third-order valence-corrected chi connectivity index (χ3v) is 4.30. The van der Waals surface area contributed by atoms with Crippen LogP contribution in [0.1, 0.15) is 46.3 Å². The zero-order valence-corrected chi connectivity index (χ0v) is 13.4. The molecule has 1 aliphatic rings. The Bertz CT molecular complexity index is 370. The first-order valence-electron chi connectivity index (χ1n) is 8.06. The molecule has 0 amide bonds. The standard InChI is InChI=1S/C17H30N2O/c1-13(2)10-18-11-14(3)15(4)19(16-7-8-16)12-17-6-5-9-20-17/h5-6,9,13-16,18H,7-8,10-12H2,1-4H3. The second-order valence-corrected chi connectivity index (χ2v) is 6.75. The molecule has 2 atom stereocenters. The average Bonchev–Trinajstić information content (AvgIpc) is 3.11. The summed E-state index contributed by atoms with van der Waals surface area (Å²) < 4.78 is 5.53. The quantitative estimate of drug-likeness (QED) is 0.749. The molecule has 0 aliphatic heterocycles. The molecule has 0 spiro atoms. The zero-order valence-electron chi connectivity index (χ0n) is 13.4. The number of nitrogens with zero attached hydrogens (tertiary/aromatic N) is 1. The molecule has 0 saturated heterocycles. The molecule has 1 aromatic rings. The first kappa shape index (κ1) is 15.6. The molecule has 0 aromatic carbocycles. The van der Waals surface area contributed by atoms with Crippen LogP contribution in [0.5, 0.6) is 0 Å². The Morgan fingerprint density at radius 1 is 1.25 bits per heavy atom. The van der Waals surface area contributed by atoms with Crippen LogP contribution in [0.25, 0.3) is 0 Å². The van der Waals surface area contributed by atoms with Gasteiger partial charge >= 0.3 is 0 Å². The van der Waals surface area contributed by atoms with Gasteiger partial charge in [0.2, 0.25) is 0 Å². The van der Waals surface area contributed by atoms with Crippen LogP contribution >= 0.6 is 0 Å². The fraction of sp³-hybridized carbons (Fsp3) is 0.765. The summed E-state index contributed by atoms with van der Waals surface area (Å²) in [5.74, 6) is 2.47. The van der Waals surface area contributed by atoms with Crippen LogP contribution in [0.4, 0.5) is 0 Å². The summed E-state index contributed by atoms with van der Waals surface area (Å²) in [5, 5.41) is 3.59. The van der Waals surface area contributed by atoms with Gasteiger partial charge in [0.15, 0.2) is 0 Å². The Morgan fingerprint density at radius 3 is 2.55 bits per heavy atom. The topological polar surface area (TPSA) is 28.4 Å². The van der Waals surface area contributed by atoms with Crippen molar-refractivity contribution >= 4 is 0 Å². The predicted molar refractivity (Wildman–Crippen MR) is 83.6 cm³/mol. The van der Waals surface area contributed by atoms with Crippen molar-refractivity contribution in [1.82, 2.24) is 10.2 Å². The largest absolute Gasteiger partial charge is 0.468 e. The molecule has 20 heavy (non-hydrogen) atoms. The normalized spacial score (nSPS) is 18.7. The van der Waals surface area contributed by atoms with E-state index in [-0.39, 0.29) is 0 Å². The van der Waals surface area contributed by atoms with E-state index in [1.807, 2.05) is 6.07 Å². The Labute approximate surface area is 123 Å². The van der Waals surface area contributed by atoms with E-state index >= 15 is 0 Å². The van der Waals surface area contributed by atoms with Gasteiger partial charge in [-0.25, -0.2) is 0 Å². The molecule has 3 nitrogen and oxygen atoms in total. The van der Waals surface area contributed by atoms with Crippen LogP contribution in [-0.2, 0) is 6.54 Å². The Kier molecular flexibility index (Phi) is 5.67. The second-order valence-electron chi connectivity index (χ2n) is 6.75. The van der Waals surface area contributed by atoms with Crippen LogP contribution in [-0.4, -0.2) is 30.1 Å². The van der Waals surface area contributed by atoms with E-state index in [0.29, 0.717) is 12.0 Å². The SMILES string of the molecule is CC(C)CNCC(C)C(C)N(Cc1ccco1)C1CC1. The summed E-state index contributed by atoms with van der Waals surface area (Å²) in [5.41, 5.74) is 0. The third-order valence-electron chi connectivity index (χ3n) is 4.30. The molecular formula is C17H30N2O. The Balaban J connectivity index is 1.84. The average molecular weight is 278 g/mol. The lowest BCUT2D eigenvalue weighted by Crippen LogP contribution is -2.42. The summed E-state index contributed by atoms with van der Waals surface area (Å²) in [6.45, 7) is 12.4. The van der Waals surface area contributed by atoms with Gasteiger partial charge in [-0.1, -0.05) is 20.8 Å². The maximum atomic E-state index is 5.53. The Morgan fingerprint density at radius 2 is 2.00 bits per heavy atom. The maximum Gasteiger partial charge on any atom is 0.117 e. The van der Waals surface area contributed by atoms with Gasteiger partial charge in [-0.2, -0.15) is 0 Å². The van der Waals surface area contributed by atoms with Gasteiger partial charge in [-0.05, 0) is 56.8 Å². The smallest absolute Gasteiger partial charge is 0.117 e. The summed E-state index contributed by atoms with van der Waals surface area (Å²) in [7, 11) is 0. The highest BCUT2D eigenvalue weighted by Crippen LogP contribution is 2.32. The lowest BCUT2D eigenvalue weighted by Gasteiger charge is -2.33. The van der Waals surface area contributed by atoms with Crippen molar-refractivity contribution < 1.29 is 4.42 Å². The maximum absolute atomic E-state index is 5.53. The van der Waals surface area contributed by atoms with Gasteiger partial charge < -0.3 is 9.73 Å². The van der Waals surface area contributed by atoms with Gasteiger partial charge in [-0.3, -0.25) is 4.90 Å². The van der Waals surface area contributed by atoms with Crippen molar-refractivity contribution in [2.24, 2.45) is 11.8 Å². The summed E-state index contributed by atoms with van der Waals surface area (Å²) in [6.07, 6.45) is 4.47. The highest BCUT2D eigenvalue weighted by molar-refractivity contribution is 5.01. The van der Waals surface area contributed by atoms with Crippen LogP contribution in [0.3, 0.4) is 0 Å². The number of nitrogens with one attached hydrogen (secondary N) is 1. The van der Waals surface area contributed by atoms with Crippen molar-refractivity contribution in [3.8, 4) is 0 Å². The molecule has 1 aromatic heterocycles. The zero-order chi connectivity index (χ0) is 14.5. The first-order valence-corrected chi connectivity index (χ1v) is 8.06. The minimum absolute atomic E-state index is 0.590. The molecule has 2 rings (SSSR count). The van der Waals surface area contributed by atoms with E-state index in [9.17, 15) is 0 Å².